The smallest absolute Gasteiger partial charge is 0.0830 e. The van der Waals surface area contributed by atoms with Gasteiger partial charge in [0.15, 0.2) is 0 Å². The lowest BCUT2D eigenvalue weighted by Gasteiger charge is -2.37. The first kappa shape index (κ1) is 18.0. The maximum Gasteiger partial charge on any atom is 0.0830 e. The van der Waals surface area contributed by atoms with Crippen LogP contribution in [0.5, 0.6) is 0 Å². The second-order valence-corrected chi connectivity index (χ2v) is 6.50. The topological polar surface area (TPSA) is 21.3 Å². The van der Waals surface area contributed by atoms with Crippen molar-refractivity contribution in [2.75, 3.05) is 13.7 Å². The second kappa shape index (κ2) is 10.6. The van der Waals surface area contributed by atoms with Crippen molar-refractivity contribution in [3.05, 3.63) is 0 Å². The fraction of sp³-hybridized carbons (Fsp3) is 1.00. The highest BCUT2D eigenvalue weighted by molar-refractivity contribution is 4.96. The van der Waals surface area contributed by atoms with Crippen LogP contribution in [0.1, 0.15) is 90.9 Å². The van der Waals surface area contributed by atoms with Gasteiger partial charge in [0.05, 0.1) is 5.60 Å². The summed E-state index contributed by atoms with van der Waals surface area (Å²) in [6.07, 6.45) is 16.2. The van der Waals surface area contributed by atoms with E-state index in [1.165, 1.54) is 77.0 Å². The van der Waals surface area contributed by atoms with Gasteiger partial charge in [0.2, 0.25) is 0 Å². The van der Waals surface area contributed by atoms with Crippen molar-refractivity contribution >= 4 is 0 Å². The summed E-state index contributed by atoms with van der Waals surface area (Å²) in [6, 6.07) is 0.565. The van der Waals surface area contributed by atoms with E-state index in [0.717, 1.165) is 6.54 Å². The molecule has 1 atom stereocenters. The number of hydrogen-bond acceptors (Lipinski definition) is 2. The van der Waals surface area contributed by atoms with E-state index in [9.17, 15) is 0 Å². The molecule has 1 saturated carbocycles. The lowest BCUT2D eigenvalue weighted by Crippen LogP contribution is -2.50. The third-order valence-electron chi connectivity index (χ3n) is 5.04. The Morgan fingerprint density at radius 2 is 1.55 bits per heavy atom. The Bertz CT molecular complexity index is 223. The van der Waals surface area contributed by atoms with Gasteiger partial charge in [-0.05, 0) is 25.8 Å². The van der Waals surface area contributed by atoms with Crippen LogP contribution in [0.25, 0.3) is 0 Å². The Morgan fingerprint density at radius 1 is 0.950 bits per heavy atom. The molecule has 0 bridgehead atoms. The molecular weight excluding hydrogens is 246 g/mol. The number of ether oxygens (including phenoxy) is 1. The summed E-state index contributed by atoms with van der Waals surface area (Å²) in [6.45, 7) is 5.56. The highest BCUT2D eigenvalue weighted by atomic mass is 16.5. The monoisotopic (exact) mass is 283 g/mol. The van der Waals surface area contributed by atoms with Crippen molar-refractivity contribution in [2.24, 2.45) is 0 Å². The standard InChI is InChI=1S/C18H37NO/c1-4-6-7-8-9-10-11-14-17(19-5-2)18(20-3)15-12-13-16-18/h17,19H,4-16H2,1-3H3. The summed E-state index contributed by atoms with van der Waals surface area (Å²) >= 11 is 0. The van der Waals surface area contributed by atoms with Crippen LogP contribution in [0.4, 0.5) is 0 Å². The molecule has 120 valence electrons. The van der Waals surface area contributed by atoms with E-state index in [1.54, 1.807) is 0 Å². The quantitative estimate of drug-likeness (QED) is 0.505. The van der Waals surface area contributed by atoms with E-state index in [4.69, 9.17) is 4.74 Å². The summed E-state index contributed by atoms with van der Waals surface area (Å²) in [5.41, 5.74) is 0.137. The minimum atomic E-state index is 0.137. The molecule has 0 radical (unpaired) electrons. The summed E-state index contributed by atoms with van der Waals surface area (Å²) < 4.78 is 5.96. The molecule has 0 spiro atoms. The van der Waals surface area contributed by atoms with Crippen LogP contribution in [0.3, 0.4) is 0 Å². The third-order valence-corrected chi connectivity index (χ3v) is 5.04. The highest BCUT2D eigenvalue weighted by Gasteiger charge is 2.40. The number of unbranched alkanes of at least 4 members (excludes halogenated alkanes) is 6. The first-order chi connectivity index (χ1) is 9.79. The number of hydrogen-bond donors (Lipinski definition) is 1. The summed E-state index contributed by atoms with van der Waals surface area (Å²) in [5.74, 6) is 0. The Kier molecular flexibility index (Phi) is 9.54. The van der Waals surface area contributed by atoms with Crippen molar-refractivity contribution in [1.29, 1.82) is 0 Å². The summed E-state index contributed by atoms with van der Waals surface area (Å²) in [7, 11) is 1.92. The number of nitrogens with one attached hydrogen (secondary N) is 1. The van der Waals surface area contributed by atoms with Crippen LogP contribution in [0.2, 0.25) is 0 Å². The van der Waals surface area contributed by atoms with E-state index in [0.29, 0.717) is 6.04 Å². The van der Waals surface area contributed by atoms with Gasteiger partial charge in [0, 0.05) is 13.2 Å². The van der Waals surface area contributed by atoms with Gasteiger partial charge in [-0.15, -0.1) is 0 Å². The number of rotatable bonds is 12. The molecule has 1 rings (SSSR count). The van der Waals surface area contributed by atoms with Gasteiger partial charge in [-0.3, -0.25) is 0 Å². The van der Waals surface area contributed by atoms with Crippen LogP contribution in [-0.4, -0.2) is 25.3 Å². The van der Waals surface area contributed by atoms with Crippen molar-refractivity contribution in [3.63, 3.8) is 0 Å². The minimum Gasteiger partial charge on any atom is -0.377 e. The Morgan fingerprint density at radius 3 is 2.10 bits per heavy atom. The number of likely N-dealkylation sites (N-methyl/N-ethyl adjacent to an activating group) is 1. The Hall–Kier alpha value is -0.0800. The predicted octanol–water partition coefficient (Wildman–Crippen LogP) is 5.06. The summed E-state index contributed by atoms with van der Waals surface area (Å²) in [5, 5.41) is 3.70. The van der Waals surface area contributed by atoms with Crippen molar-refractivity contribution in [3.8, 4) is 0 Å². The molecule has 20 heavy (non-hydrogen) atoms. The molecule has 1 unspecified atom stereocenters. The van der Waals surface area contributed by atoms with Crippen LogP contribution in [0.15, 0.2) is 0 Å². The van der Waals surface area contributed by atoms with Gasteiger partial charge in [0.1, 0.15) is 0 Å². The molecule has 1 aliphatic rings. The molecule has 0 aromatic rings. The van der Waals surface area contributed by atoms with Crippen molar-refractivity contribution in [1.82, 2.24) is 5.32 Å². The molecule has 2 heteroatoms. The SMILES string of the molecule is CCCCCCCCCC(NCC)C1(OC)CCCC1. The van der Waals surface area contributed by atoms with Gasteiger partial charge < -0.3 is 10.1 Å². The van der Waals surface area contributed by atoms with Crippen molar-refractivity contribution in [2.45, 2.75) is 103 Å². The van der Waals surface area contributed by atoms with E-state index in [1.807, 2.05) is 7.11 Å². The van der Waals surface area contributed by atoms with Crippen LogP contribution < -0.4 is 5.32 Å². The van der Waals surface area contributed by atoms with E-state index < -0.39 is 0 Å². The maximum absolute atomic E-state index is 5.96. The average molecular weight is 284 g/mol. The van der Waals surface area contributed by atoms with Gasteiger partial charge in [0.25, 0.3) is 0 Å². The molecule has 0 aliphatic heterocycles. The van der Waals surface area contributed by atoms with E-state index >= 15 is 0 Å². The van der Waals surface area contributed by atoms with Crippen molar-refractivity contribution < 1.29 is 4.74 Å². The van der Waals surface area contributed by atoms with Gasteiger partial charge in [-0.1, -0.05) is 71.6 Å². The molecule has 0 amide bonds. The molecular formula is C18H37NO. The molecule has 0 heterocycles. The van der Waals surface area contributed by atoms with E-state index in [-0.39, 0.29) is 5.60 Å². The maximum atomic E-state index is 5.96. The molecule has 1 aliphatic carbocycles. The molecule has 1 fully saturated rings. The zero-order valence-electron chi connectivity index (χ0n) is 14.2. The fourth-order valence-corrected chi connectivity index (χ4v) is 3.77. The molecule has 0 aromatic carbocycles. The molecule has 0 aromatic heterocycles. The Labute approximate surface area is 127 Å². The van der Waals surface area contributed by atoms with Crippen LogP contribution in [0, 0.1) is 0 Å². The zero-order chi connectivity index (χ0) is 14.7. The zero-order valence-corrected chi connectivity index (χ0v) is 14.2. The molecule has 0 saturated heterocycles. The lowest BCUT2D eigenvalue weighted by atomic mass is 9.88. The second-order valence-electron chi connectivity index (χ2n) is 6.50. The lowest BCUT2D eigenvalue weighted by molar-refractivity contribution is -0.0379. The van der Waals surface area contributed by atoms with Gasteiger partial charge in [-0.25, -0.2) is 0 Å². The third kappa shape index (κ3) is 5.73. The molecule has 2 nitrogen and oxygen atoms in total. The number of methoxy groups -OCH3 is 1. The predicted molar refractivity (Wildman–Crippen MR) is 88.3 cm³/mol. The van der Waals surface area contributed by atoms with Gasteiger partial charge in [-0.2, -0.15) is 0 Å². The molecule has 1 N–H and O–H groups in total. The van der Waals surface area contributed by atoms with Crippen LogP contribution in [-0.2, 0) is 4.74 Å². The normalized spacial score (nSPS) is 19.4. The average Bonchev–Trinajstić information content (AvgIpc) is 2.95. The van der Waals surface area contributed by atoms with Crippen LogP contribution >= 0.6 is 0 Å². The highest BCUT2D eigenvalue weighted by Crippen LogP contribution is 2.37. The van der Waals surface area contributed by atoms with E-state index in [2.05, 4.69) is 19.2 Å². The first-order valence-corrected chi connectivity index (χ1v) is 9.07. The first-order valence-electron chi connectivity index (χ1n) is 9.07. The largest absolute Gasteiger partial charge is 0.377 e. The minimum absolute atomic E-state index is 0.137. The van der Waals surface area contributed by atoms with Gasteiger partial charge >= 0.3 is 0 Å². The fourth-order valence-electron chi connectivity index (χ4n) is 3.77. The summed E-state index contributed by atoms with van der Waals surface area (Å²) in [4.78, 5) is 0. The Balaban J connectivity index is 2.25.